The van der Waals surface area contributed by atoms with Gasteiger partial charge in [0.15, 0.2) is 6.29 Å². The zero-order chi connectivity index (χ0) is 8.27. The maximum atomic E-state index is 10.4. The summed E-state index contributed by atoms with van der Waals surface area (Å²) in [7, 11) is 1.56. The van der Waals surface area contributed by atoms with Crippen LogP contribution in [0.4, 0.5) is 0 Å². The van der Waals surface area contributed by atoms with Crippen LogP contribution in [0.3, 0.4) is 0 Å². The van der Waals surface area contributed by atoms with Crippen molar-refractivity contribution < 1.29 is 9.53 Å². The van der Waals surface area contributed by atoms with E-state index in [-0.39, 0.29) is 0 Å². The van der Waals surface area contributed by atoms with Crippen LogP contribution in [0.2, 0.25) is 0 Å². The highest BCUT2D eigenvalue weighted by Crippen LogP contribution is 1.99. The lowest BCUT2D eigenvalue weighted by atomic mass is 10.4. The number of rotatable bonds is 3. The standard InChI is InChI=1S/C7H10N2O2/c1-6-3-7(4-10)9(8-6)5-11-2/h3-4H,5H2,1-2H3. The zero-order valence-electron chi connectivity index (χ0n) is 6.57. The van der Waals surface area contributed by atoms with Crippen molar-refractivity contribution in [1.29, 1.82) is 0 Å². The van der Waals surface area contributed by atoms with E-state index in [2.05, 4.69) is 5.10 Å². The van der Waals surface area contributed by atoms with Gasteiger partial charge >= 0.3 is 0 Å². The molecular formula is C7H10N2O2. The third-order valence-corrected chi connectivity index (χ3v) is 1.31. The number of hydrogen-bond acceptors (Lipinski definition) is 3. The second kappa shape index (κ2) is 3.30. The van der Waals surface area contributed by atoms with Crippen molar-refractivity contribution >= 4 is 6.29 Å². The summed E-state index contributed by atoms with van der Waals surface area (Å²) in [6.45, 7) is 2.15. The fraction of sp³-hybridized carbons (Fsp3) is 0.429. The lowest BCUT2D eigenvalue weighted by molar-refractivity contribution is 0.104. The van der Waals surface area contributed by atoms with E-state index in [1.54, 1.807) is 13.2 Å². The van der Waals surface area contributed by atoms with Gasteiger partial charge in [-0.3, -0.25) is 4.79 Å². The summed E-state index contributed by atoms with van der Waals surface area (Å²) in [6.07, 6.45) is 0.763. The summed E-state index contributed by atoms with van der Waals surface area (Å²) in [5.41, 5.74) is 1.37. The molecule has 0 bridgehead atoms. The molecule has 4 heteroatoms. The minimum absolute atomic E-state index is 0.321. The van der Waals surface area contributed by atoms with Crippen LogP contribution >= 0.6 is 0 Å². The van der Waals surface area contributed by atoms with Gasteiger partial charge in [-0.2, -0.15) is 5.10 Å². The van der Waals surface area contributed by atoms with E-state index in [1.807, 2.05) is 6.92 Å². The first-order valence-corrected chi connectivity index (χ1v) is 3.26. The molecule has 0 aliphatic heterocycles. The highest BCUT2D eigenvalue weighted by molar-refractivity contribution is 5.72. The molecule has 0 spiro atoms. The SMILES string of the molecule is COCn1nc(C)cc1C=O. The van der Waals surface area contributed by atoms with Crippen LogP contribution < -0.4 is 0 Å². The number of aryl methyl sites for hydroxylation is 1. The van der Waals surface area contributed by atoms with E-state index in [9.17, 15) is 4.79 Å². The summed E-state index contributed by atoms with van der Waals surface area (Å²) >= 11 is 0. The normalized spacial score (nSPS) is 10.0. The molecule has 0 atom stereocenters. The number of aromatic nitrogens is 2. The predicted octanol–water partition coefficient (Wildman–Crippen LogP) is 0.608. The van der Waals surface area contributed by atoms with Gasteiger partial charge < -0.3 is 4.74 Å². The van der Waals surface area contributed by atoms with Crippen molar-refractivity contribution in [2.45, 2.75) is 13.7 Å². The summed E-state index contributed by atoms with van der Waals surface area (Å²) in [5, 5.41) is 4.03. The molecule has 1 aromatic rings. The lowest BCUT2D eigenvalue weighted by Crippen LogP contribution is -2.05. The Balaban J connectivity index is 2.92. The Bertz CT molecular complexity index is 255. The Labute approximate surface area is 64.8 Å². The molecule has 0 N–H and O–H groups in total. The molecule has 1 heterocycles. The van der Waals surface area contributed by atoms with E-state index >= 15 is 0 Å². The predicted molar refractivity (Wildman–Crippen MR) is 39.4 cm³/mol. The van der Waals surface area contributed by atoms with Gasteiger partial charge in [0.25, 0.3) is 0 Å². The summed E-state index contributed by atoms with van der Waals surface area (Å²) in [5.74, 6) is 0. The number of ether oxygens (including phenoxy) is 1. The molecule has 0 aliphatic carbocycles. The second-order valence-electron chi connectivity index (χ2n) is 2.25. The fourth-order valence-electron chi connectivity index (χ4n) is 0.886. The maximum absolute atomic E-state index is 10.4. The van der Waals surface area contributed by atoms with Crippen LogP contribution in [0.15, 0.2) is 6.07 Å². The molecule has 0 saturated carbocycles. The summed E-state index contributed by atoms with van der Waals surface area (Å²) in [4.78, 5) is 10.4. The Kier molecular flexibility index (Phi) is 2.38. The topological polar surface area (TPSA) is 44.1 Å². The van der Waals surface area contributed by atoms with Crippen LogP contribution in [-0.2, 0) is 11.5 Å². The number of carbonyl (C=O) groups is 1. The second-order valence-corrected chi connectivity index (χ2v) is 2.25. The molecule has 1 rings (SSSR count). The quantitative estimate of drug-likeness (QED) is 0.599. The Morgan fingerprint density at radius 2 is 2.55 bits per heavy atom. The van der Waals surface area contributed by atoms with Crippen LogP contribution in [0.5, 0.6) is 0 Å². The average Bonchev–Trinajstić information content (AvgIpc) is 2.32. The van der Waals surface area contributed by atoms with Gasteiger partial charge in [-0.05, 0) is 13.0 Å². The first-order valence-electron chi connectivity index (χ1n) is 3.26. The molecule has 1 aromatic heterocycles. The fourth-order valence-corrected chi connectivity index (χ4v) is 0.886. The van der Waals surface area contributed by atoms with Crippen molar-refractivity contribution in [3.05, 3.63) is 17.5 Å². The van der Waals surface area contributed by atoms with Gasteiger partial charge in [-0.15, -0.1) is 0 Å². The van der Waals surface area contributed by atoms with Crippen molar-refractivity contribution in [3.63, 3.8) is 0 Å². The van der Waals surface area contributed by atoms with E-state index in [0.29, 0.717) is 12.4 Å². The van der Waals surface area contributed by atoms with Gasteiger partial charge in [0.1, 0.15) is 12.4 Å². The highest BCUT2D eigenvalue weighted by Gasteiger charge is 2.01. The number of carbonyl (C=O) groups excluding carboxylic acids is 1. The number of nitrogens with zero attached hydrogens (tertiary/aromatic N) is 2. The molecule has 0 unspecified atom stereocenters. The molecule has 0 aliphatic rings. The first kappa shape index (κ1) is 7.94. The Morgan fingerprint density at radius 3 is 3.09 bits per heavy atom. The number of methoxy groups -OCH3 is 1. The first-order chi connectivity index (χ1) is 5.27. The Morgan fingerprint density at radius 1 is 1.82 bits per heavy atom. The summed E-state index contributed by atoms with van der Waals surface area (Å²) < 4.78 is 6.34. The van der Waals surface area contributed by atoms with Crippen molar-refractivity contribution in [2.24, 2.45) is 0 Å². The third kappa shape index (κ3) is 1.65. The van der Waals surface area contributed by atoms with Crippen LogP contribution in [0.25, 0.3) is 0 Å². The molecule has 0 saturated heterocycles. The molecule has 0 fully saturated rings. The molecule has 0 amide bonds. The highest BCUT2D eigenvalue weighted by atomic mass is 16.5. The maximum Gasteiger partial charge on any atom is 0.168 e. The third-order valence-electron chi connectivity index (χ3n) is 1.31. The van der Waals surface area contributed by atoms with Crippen LogP contribution in [0, 0.1) is 6.92 Å². The molecule has 60 valence electrons. The van der Waals surface area contributed by atoms with Gasteiger partial charge in [-0.1, -0.05) is 0 Å². The largest absolute Gasteiger partial charge is 0.362 e. The van der Waals surface area contributed by atoms with Crippen LogP contribution in [0.1, 0.15) is 16.2 Å². The van der Waals surface area contributed by atoms with Crippen molar-refractivity contribution in [1.82, 2.24) is 9.78 Å². The van der Waals surface area contributed by atoms with Gasteiger partial charge in [-0.25, -0.2) is 4.68 Å². The van der Waals surface area contributed by atoms with Crippen molar-refractivity contribution in [2.75, 3.05) is 7.11 Å². The number of hydrogen-bond donors (Lipinski definition) is 0. The Hall–Kier alpha value is -1.16. The van der Waals surface area contributed by atoms with E-state index in [1.165, 1.54) is 4.68 Å². The minimum Gasteiger partial charge on any atom is -0.362 e. The molecule has 4 nitrogen and oxygen atoms in total. The van der Waals surface area contributed by atoms with E-state index < -0.39 is 0 Å². The van der Waals surface area contributed by atoms with Crippen molar-refractivity contribution in [3.8, 4) is 0 Å². The molecule has 11 heavy (non-hydrogen) atoms. The summed E-state index contributed by atoms with van der Waals surface area (Å²) in [6, 6.07) is 1.71. The van der Waals surface area contributed by atoms with E-state index in [4.69, 9.17) is 4.74 Å². The van der Waals surface area contributed by atoms with E-state index in [0.717, 1.165) is 12.0 Å². The van der Waals surface area contributed by atoms with Crippen LogP contribution in [-0.4, -0.2) is 23.2 Å². The van der Waals surface area contributed by atoms with Gasteiger partial charge in [0, 0.05) is 7.11 Å². The lowest BCUT2D eigenvalue weighted by Gasteiger charge is -1.99. The molecule has 0 aromatic carbocycles. The number of aldehydes is 1. The van der Waals surface area contributed by atoms with Gasteiger partial charge in [0.05, 0.1) is 5.69 Å². The minimum atomic E-state index is 0.321. The van der Waals surface area contributed by atoms with Gasteiger partial charge in [0.2, 0.25) is 0 Å². The average molecular weight is 154 g/mol. The molecule has 0 radical (unpaired) electrons. The zero-order valence-corrected chi connectivity index (χ0v) is 6.57. The monoisotopic (exact) mass is 154 g/mol. The smallest absolute Gasteiger partial charge is 0.168 e. The molecular weight excluding hydrogens is 144 g/mol.